The number of imidazole rings is 1. The van der Waals surface area contributed by atoms with Gasteiger partial charge in [-0.3, -0.25) is 4.90 Å². The van der Waals surface area contributed by atoms with Crippen molar-refractivity contribution < 1.29 is 8.42 Å². The van der Waals surface area contributed by atoms with Crippen molar-refractivity contribution in [2.75, 3.05) is 18.8 Å². The van der Waals surface area contributed by atoms with E-state index in [0.717, 1.165) is 44.0 Å². The molecule has 0 aliphatic carbocycles. The van der Waals surface area contributed by atoms with E-state index in [1.165, 1.54) is 5.69 Å². The van der Waals surface area contributed by atoms with Gasteiger partial charge < -0.3 is 4.57 Å². The van der Waals surface area contributed by atoms with Crippen LogP contribution in [0.4, 0.5) is 0 Å². The largest absolute Gasteiger partial charge is 0.334 e. The van der Waals surface area contributed by atoms with Crippen LogP contribution >= 0.6 is 0 Å². The minimum atomic E-state index is -3.16. The number of nitrogens with zero attached hydrogens (tertiary/aromatic N) is 3. The molecule has 7 heteroatoms. The second-order valence-corrected chi connectivity index (χ2v) is 8.67. The van der Waals surface area contributed by atoms with Crippen LogP contribution in [0.15, 0.2) is 0 Å². The van der Waals surface area contributed by atoms with Gasteiger partial charge in [0, 0.05) is 31.9 Å². The molecule has 1 aromatic heterocycles. The maximum Gasteiger partial charge on any atom is 0.211 e. The summed E-state index contributed by atoms with van der Waals surface area (Å²) in [6.07, 6.45) is 2.12. The number of hydrogen-bond donors (Lipinski definition) is 1. The van der Waals surface area contributed by atoms with Crippen LogP contribution < -0.4 is 4.72 Å². The molecule has 1 N–H and O–H groups in total. The van der Waals surface area contributed by atoms with Gasteiger partial charge in [0.15, 0.2) is 0 Å². The lowest BCUT2D eigenvalue weighted by molar-refractivity contribution is 0.301. The first kappa shape index (κ1) is 18.4. The third-order valence-corrected chi connectivity index (χ3v) is 6.38. The number of sulfonamides is 1. The molecule has 1 aromatic rings. The molecule has 2 heterocycles. The van der Waals surface area contributed by atoms with Crippen LogP contribution in [0, 0.1) is 19.8 Å². The van der Waals surface area contributed by atoms with Crippen molar-refractivity contribution in [3.05, 3.63) is 17.2 Å². The fourth-order valence-corrected chi connectivity index (χ4v) is 4.22. The van der Waals surface area contributed by atoms with Crippen LogP contribution in [0.3, 0.4) is 0 Å². The van der Waals surface area contributed by atoms with E-state index in [1.807, 2.05) is 14.0 Å². The standard InChI is InChI=1S/C16H30N4O2S/c1-6-8-14-9-20(10-15(14)18-23(21,22)7-2)11-16-17-12(3)13(4)19(16)5/h14-15,18H,6-11H2,1-5H3/t14-,15-/m1/s1. The first-order valence-electron chi connectivity index (χ1n) is 8.48. The molecular formula is C16H30N4O2S. The number of rotatable bonds is 7. The first-order valence-corrected chi connectivity index (χ1v) is 10.1. The van der Waals surface area contributed by atoms with Gasteiger partial charge in [0.05, 0.1) is 18.0 Å². The van der Waals surface area contributed by atoms with Crippen molar-refractivity contribution in [3.8, 4) is 0 Å². The van der Waals surface area contributed by atoms with Crippen molar-refractivity contribution in [1.29, 1.82) is 0 Å². The van der Waals surface area contributed by atoms with E-state index in [9.17, 15) is 8.42 Å². The van der Waals surface area contributed by atoms with Gasteiger partial charge in [-0.05, 0) is 33.1 Å². The Hall–Kier alpha value is -0.920. The Morgan fingerprint density at radius 2 is 1.96 bits per heavy atom. The maximum absolute atomic E-state index is 11.9. The average Bonchev–Trinajstić information content (AvgIpc) is 2.96. The van der Waals surface area contributed by atoms with E-state index in [1.54, 1.807) is 6.92 Å². The third-order valence-electron chi connectivity index (χ3n) is 4.96. The predicted octanol–water partition coefficient (Wildman–Crippen LogP) is 1.58. The van der Waals surface area contributed by atoms with Gasteiger partial charge in [0.2, 0.25) is 10.0 Å². The molecule has 1 saturated heterocycles. The highest BCUT2D eigenvalue weighted by Gasteiger charge is 2.34. The number of hydrogen-bond acceptors (Lipinski definition) is 4. The summed E-state index contributed by atoms with van der Waals surface area (Å²) in [5.74, 6) is 1.57. The van der Waals surface area contributed by atoms with Crippen LogP contribution in [0.1, 0.15) is 43.9 Å². The van der Waals surface area contributed by atoms with Gasteiger partial charge in [0.25, 0.3) is 0 Å². The van der Waals surface area contributed by atoms with E-state index < -0.39 is 10.0 Å². The fraction of sp³-hybridized carbons (Fsp3) is 0.812. The maximum atomic E-state index is 11.9. The van der Waals surface area contributed by atoms with Crippen LogP contribution in [-0.2, 0) is 23.6 Å². The Kier molecular flexibility index (Phi) is 5.86. The molecule has 132 valence electrons. The number of aromatic nitrogens is 2. The Morgan fingerprint density at radius 3 is 2.48 bits per heavy atom. The zero-order chi connectivity index (χ0) is 17.2. The number of likely N-dealkylation sites (tertiary alicyclic amines) is 1. The van der Waals surface area contributed by atoms with Crippen LogP contribution in [0.5, 0.6) is 0 Å². The lowest BCUT2D eigenvalue weighted by Crippen LogP contribution is -2.41. The second kappa shape index (κ2) is 7.32. The molecule has 1 aliphatic rings. The second-order valence-electron chi connectivity index (χ2n) is 6.63. The zero-order valence-electron chi connectivity index (χ0n) is 15.0. The zero-order valence-corrected chi connectivity index (χ0v) is 15.8. The van der Waals surface area contributed by atoms with Crippen LogP contribution in [0.25, 0.3) is 0 Å². The summed E-state index contributed by atoms with van der Waals surface area (Å²) in [5.41, 5.74) is 2.25. The molecule has 6 nitrogen and oxygen atoms in total. The van der Waals surface area contributed by atoms with E-state index in [4.69, 9.17) is 0 Å². The van der Waals surface area contributed by atoms with E-state index in [0.29, 0.717) is 5.92 Å². The molecular weight excluding hydrogens is 312 g/mol. The van der Waals surface area contributed by atoms with Crippen molar-refractivity contribution >= 4 is 10.0 Å². The van der Waals surface area contributed by atoms with Gasteiger partial charge >= 0.3 is 0 Å². The molecule has 1 fully saturated rings. The quantitative estimate of drug-likeness (QED) is 0.817. The summed E-state index contributed by atoms with van der Waals surface area (Å²) in [6, 6.07) is 0.0161. The Balaban J connectivity index is 2.08. The highest BCUT2D eigenvalue weighted by Crippen LogP contribution is 2.24. The average molecular weight is 343 g/mol. The monoisotopic (exact) mass is 342 g/mol. The van der Waals surface area contributed by atoms with Gasteiger partial charge in [-0.25, -0.2) is 18.1 Å². The molecule has 1 aliphatic heterocycles. The van der Waals surface area contributed by atoms with Crippen molar-refractivity contribution in [2.45, 2.75) is 53.1 Å². The third kappa shape index (κ3) is 4.33. The van der Waals surface area contributed by atoms with Gasteiger partial charge in [-0.2, -0.15) is 0 Å². The van der Waals surface area contributed by atoms with E-state index >= 15 is 0 Å². The van der Waals surface area contributed by atoms with Crippen LogP contribution in [-0.4, -0.2) is 47.8 Å². The minimum Gasteiger partial charge on any atom is -0.334 e. The SMILES string of the molecule is CCC[C@@H]1CN(Cc2nc(C)c(C)n2C)C[C@H]1NS(=O)(=O)CC. The molecule has 0 amide bonds. The van der Waals surface area contributed by atoms with E-state index in [2.05, 4.69) is 33.0 Å². The summed E-state index contributed by atoms with van der Waals surface area (Å²) >= 11 is 0. The van der Waals surface area contributed by atoms with Gasteiger partial charge in [-0.1, -0.05) is 13.3 Å². The Morgan fingerprint density at radius 1 is 1.26 bits per heavy atom. The number of nitrogens with one attached hydrogen (secondary N) is 1. The molecule has 0 saturated carbocycles. The smallest absolute Gasteiger partial charge is 0.211 e. The molecule has 0 radical (unpaired) electrons. The van der Waals surface area contributed by atoms with Crippen molar-refractivity contribution in [1.82, 2.24) is 19.2 Å². The van der Waals surface area contributed by atoms with Gasteiger partial charge in [-0.15, -0.1) is 0 Å². The molecule has 0 unspecified atom stereocenters. The summed E-state index contributed by atoms with van der Waals surface area (Å²) in [4.78, 5) is 6.97. The molecule has 0 aromatic carbocycles. The fourth-order valence-electron chi connectivity index (χ4n) is 3.33. The Labute approximate surface area is 140 Å². The molecule has 23 heavy (non-hydrogen) atoms. The minimum absolute atomic E-state index is 0.0161. The van der Waals surface area contributed by atoms with E-state index in [-0.39, 0.29) is 11.8 Å². The summed E-state index contributed by atoms with van der Waals surface area (Å²) < 4.78 is 28.9. The molecule has 2 atom stereocenters. The lowest BCUT2D eigenvalue weighted by Gasteiger charge is -2.18. The van der Waals surface area contributed by atoms with Crippen LogP contribution in [0.2, 0.25) is 0 Å². The molecule has 0 spiro atoms. The lowest BCUT2D eigenvalue weighted by atomic mass is 9.99. The highest BCUT2D eigenvalue weighted by atomic mass is 32.2. The Bertz CT molecular complexity index is 639. The topological polar surface area (TPSA) is 67.2 Å². The normalized spacial score (nSPS) is 22.8. The molecule has 2 rings (SSSR count). The first-order chi connectivity index (χ1) is 10.8. The van der Waals surface area contributed by atoms with Gasteiger partial charge in [0.1, 0.15) is 5.82 Å². The summed E-state index contributed by atoms with van der Waals surface area (Å²) in [7, 11) is -1.12. The summed E-state index contributed by atoms with van der Waals surface area (Å²) in [6.45, 7) is 10.4. The van der Waals surface area contributed by atoms with Crippen molar-refractivity contribution in [3.63, 3.8) is 0 Å². The summed E-state index contributed by atoms with van der Waals surface area (Å²) in [5, 5.41) is 0. The predicted molar refractivity (Wildman–Crippen MR) is 92.7 cm³/mol. The van der Waals surface area contributed by atoms with Crippen molar-refractivity contribution in [2.24, 2.45) is 13.0 Å². The highest BCUT2D eigenvalue weighted by molar-refractivity contribution is 7.89. The number of aryl methyl sites for hydroxylation is 1. The molecule has 0 bridgehead atoms.